The van der Waals surface area contributed by atoms with Gasteiger partial charge in [0, 0.05) is 18.8 Å². The minimum Gasteiger partial charge on any atom is -0.478 e. The number of halogens is 1. The van der Waals surface area contributed by atoms with E-state index in [2.05, 4.69) is 46.8 Å². The Labute approximate surface area is 158 Å². The van der Waals surface area contributed by atoms with Gasteiger partial charge in [0.1, 0.15) is 5.82 Å². The van der Waals surface area contributed by atoms with Crippen LogP contribution in [0.25, 0.3) is 6.08 Å². The summed E-state index contributed by atoms with van der Waals surface area (Å²) in [6.45, 7) is 3.87. The van der Waals surface area contributed by atoms with Crippen LogP contribution >= 0.6 is 11.6 Å². The smallest absolute Gasteiger partial charge is 0.328 e. The second-order valence-corrected chi connectivity index (χ2v) is 7.18. The van der Waals surface area contributed by atoms with Crippen molar-refractivity contribution in [3.05, 3.63) is 64.3 Å². The highest BCUT2D eigenvalue weighted by Gasteiger charge is 2.34. The zero-order valence-corrected chi connectivity index (χ0v) is 15.4. The number of nitrogens with zero attached hydrogens (tertiary/aromatic N) is 1. The van der Waals surface area contributed by atoms with Gasteiger partial charge in [0.2, 0.25) is 0 Å². The summed E-state index contributed by atoms with van der Waals surface area (Å²) in [6.07, 6.45) is 6.02. The van der Waals surface area contributed by atoms with E-state index in [4.69, 9.17) is 16.7 Å². The number of benzene rings is 1. The number of aromatic nitrogens is 1. The summed E-state index contributed by atoms with van der Waals surface area (Å²) in [7, 11) is 0. The zero-order valence-electron chi connectivity index (χ0n) is 14.6. The Kier molecular flexibility index (Phi) is 5.59. The number of carbonyl (C=O) groups is 1. The number of anilines is 1. The molecule has 0 saturated carbocycles. The van der Waals surface area contributed by atoms with Crippen molar-refractivity contribution in [1.29, 1.82) is 0 Å². The molecule has 0 unspecified atom stereocenters. The number of aryl methyl sites for hydroxylation is 1. The van der Waals surface area contributed by atoms with Crippen molar-refractivity contribution in [2.24, 2.45) is 0 Å². The molecule has 1 aromatic heterocycles. The third-order valence-corrected chi connectivity index (χ3v) is 4.82. The van der Waals surface area contributed by atoms with Crippen LogP contribution < -0.4 is 10.6 Å². The minimum atomic E-state index is -1.00. The number of pyridine rings is 1. The number of hydrogen-bond acceptors (Lipinski definition) is 4. The van der Waals surface area contributed by atoms with E-state index in [0.29, 0.717) is 16.4 Å². The lowest BCUT2D eigenvalue weighted by Gasteiger charge is -2.31. The largest absolute Gasteiger partial charge is 0.478 e. The number of nitrogens with one attached hydrogen (secondary N) is 2. The lowest BCUT2D eigenvalue weighted by atomic mass is 9.89. The highest BCUT2D eigenvalue weighted by atomic mass is 35.5. The monoisotopic (exact) mass is 371 g/mol. The third-order valence-electron chi connectivity index (χ3n) is 4.53. The summed E-state index contributed by atoms with van der Waals surface area (Å²) in [5.74, 6) is -0.382. The van der Waals surface area contributed by atoms with E-state index in [-0.39, 0.29) is 5.54 Å². The molecule has 0 amide bonds. The second-order valence-electron chi connectivity index (χ2n) is 6.77. The van der Waals surface area contributed by atoms with Gasteiger partial charge in [0.25, 0.3) is 0 Å². The minimum absolute atomic E-state index is 0.150. The molecule has 1 atom stereocenters. The molecule has 0 bridgehead atoms. The lowest BCUT2D eigenvalue weighted by Crippen LogP contribution is -2.43. The predicted molar refractivity (Wildman–Crippen MR) is 105 cm³/mol. The third kappa shape index (κ3) is 4.62. The van der Waals surface area contributed by atoms with Crippen molar-refractivity contribution >= 4 is 29.5 Å². The van der Waals surface area contributed by atoms with Crippen molar-refractivity contribution in [2.75, 3.05) is 18.4 Å². The van der Waals surface area contributed by atoms with Gasteiger partial charge < -0.3 is 15.7 Å². The molecule has 0 spiro atoms. The van der Waals surface area contributed by atoms with Crippen molar-refractivity contribution in [1.82, 2.24) is 10.3 Å². The number of hydrogen-bond donors (Lipinski definition) is 3. The zero-order chi connectivity index (χ0) is 18.6. The Morgan fingerprint density at radius 1 is 1.46 bits per heavy atom. The summed E-state index contributed by atoms with van der Waals surface area (Å²) in [5.41, 5.74) is 3.02. The van der Waals surface area contributed by atoms with Crippen molar-refractivity contribution < 1.29 is 9.90 Å². The van der Waals surface area contributed by atoms with Gasteiger partial charge in [0.15, 0.2) is 0 Å². The first-order valence-corrected chi connectivity index (χ1v) is 8.95. The van der Waals surface area contributed by atoms with Crippen molar-refractivity contribution in [2.45, 2.75) is 25.3 Å². The van der Waals surface area contributed by atoms with Crippen LogP contribution in [-0.2, 0) is 11.2 Å². The van der Waals surface area contributed by atoms with Crippen LogP contribution in [0.15, 0.2) is 42.6 Å². The molecule has 0 radical (unpaired) electrons. The normalized spacial score (nSPS) is 19.8. The summed E-state index contributed by atoms with van der Waals surface area (Å²) in [6, 6.07) is 10.2. The van der Waals surface area contributed by atoms with E-state index in [1.54, 1.807) is 12.3 Å². The molecule has 6 heteroatoms. The Morgan fingerprint density at radius 2 is 2.31 bits per heavy atom. The van der Waals surface area contributed by atoms with Crippen LogP contribution in [0.4, 0.5) is 5.82 Å². The average molecular weight is 372 g/mol. The highest BCUT2D eigenvalue weighted by Crippen LogP contribution is 2.29. The Bertz CT molecular complexity index is 830. The van der Waals surface area contributed by atoms with Crippen LogP contribution in [-0.4, -0.2) is 34.7 Å². The van der Waals surface area contributed by atoms with E-state index in [1.165, 1.54) is 17.2 Å². The molecule has 26 heavy (non-hydrogen) atoms. The first-order chi connectivity index (χ1) is 12.5. The lowest BCUT2D eigenvalue weighted by molar-refractivity contribution is -0.131. The molecule has 3 rings (SSSR count). The Morgan fingerprint density at radius 3 is 2.96 bits per heavy atom. The molecule has 2 aromatic rings. The Balaban J connectivity index is 1.81. The summed E-state index contributed by atoms with van der Waals surface area (Å²) in [5, 5.41) is 16.2. The topological polar surface area (TPSA) is 74.2 Å². The number of carboxylic acids is 1. The van der Waals surface area contributed by atoms with E-state index in [0.717, 1.165) is 32.0 Å². The Hall–Kier alpha value is -2.37. The van der Waals surface area contributed by atoms with Gasteiger partial charge in [0.05, 0.1) is 10.6 Å². The number of rotatable bonds is 6. The molecule has 1 aliphatic heterocycles. The first kappa shape index (κ1) is 18.4. The quantitative estimate of drug-likeness (QED) is 0.677. The maximum absolute atomic E-state index is 10.6. The number of aliphatic carboxylic acids is 1. The molecular formula is C20H22ClN3O2. The molecule has 5 nitrogen and oxygen atoms in total. The van der Waals surface area contributed by atoms with Crippen LogP contribution in [0.1, 0.15) is 23.1 Å². The van der Waals surface area contributed by atoms with Crippen LogP contribution in [0.2, 0.25) is 5.02 Å². The van der Waals surface area contributed by atoms with E-state index >= 15 is 0 Å². The molecule has 2 heterocycles. The van der Waals surface area contributed by atoms with E-state index in [1.807, 2.05) is 0 Å². The molecule has 1 fully saturated rings. The van der Waals surface area contributed by atoms with Crippen LogP contribution in [0.3, 0.4) is 0 Å². The van der Waals surface area contributed by atoms with Gasteiger partial charge in [-0.25, -0.2) is 9.78 Å². The van der Waals surface area contributed by atoms with Gasteiger partial charge >= 0.3 is 5.97 Å². The van der Waals surface area contributed by atoms with Gasteiger partial charge in [-0.3, -0.25) is 0 Å². The summed E-state index contributed by atoms with van der Waals surface area (Å²) in [4.78, 5) is 15.0. The van der Waals surface area contributed by atoms with Gasteiger partial charge in [-0.05, 0) is 49.6 Å². The maximum Gasteiger partial charge on any atom is 0.328 e. The van der Waals surface area contributed by atoms with E-state index in [9.17, 15) is 4.79 Å². The van der Waals surface area contributed by atoms with Crippen LogP contribution in [0.5, 0.6) is 0 Å². The van der Waals surface area contributed by atoms with Crippen molar-refractivity contribution in [3.8, 4) is 0 Å². The fourth-order valence-corrected chi connectivity index (χ4v) is 3.53. The molecule has 0 aliphatic carbocycles. The molecule has 1 aromatic carbocycles. The molecular weight excluding hydrogens is 350 g/mol. The molecule has 136 valence electrons. The molecule has 1 aliphatic rings. The fraction of sp³-hybridized carbons (Fsp3) is 0.300. The average Bonchev–Trinajstić information content (AvgIpc) is 3.03. The standard InChI is InChI=1S/C20H22ClN3O2/c1-14-3-2-4-15(9-14)11-20(7-8-22-13-20)24-19-17(21)10-16(12-23-19)5-6-18(25)26/h2-6,9-10,12,22H,7-8,11,13H2,1H3,(H,23,24)(H,25,26)/t20-/m0/s1. The van der Waals surface area contributed by atoms with E-state index < -0.39 is 5.97 Å². The predicted octanol–water partition coefficient (Wildman–Crippen LogP) is 3.53. The second kappa shape index (κ2) is 7.89. The van der Waals surface area contributed by atoms with Gasteiger partial charge in [-0.1, -0.05) is 41.4 Å². The SMILES string of the molecule is Cc1cccc(C[C@@]2(Nc3ncc(C=CC(=O)O)cc3Cl)CCNC2)c1. The summed E-state index contributed by atoms with van der Waals surface area (Å²) >= 11 is 6.39. The molecule has 1 saturated heterocycles. The number of carboxylic acid groups (broad SMARTS) is 1. The van der Waals surface area contributed by atoms with Gasteiger partial charge in [-0.2, -0.15) is 0 Å². The van der Waals surface area contributed by atoms with Crippen molar-refractivity contribution in [3.63, 3.8) is 0 Å². The van der Waals surface area contributed by atoms with Gasteiger partial charge in [-0.15, -0.1) is 0 Å². The summed E-state index contributed by atoms with van der Waals surface area (Å²) < 4.78 is 0. The maximum atomic E-state index is 10.6. The van der Waals surface area contributed by atoms with Crippen LogP contribution in [0, 0.1) is 6.92 Å². The first-order valence-electron chi connectivity index (χ1n) is 8.57. The highest BCUT2D eigenvalue weighted by molar-refractivity contribution is 6.33. The fourth-order valence-electron chi connectivity index (χ4n) is 3.31. The molecule has 3 N–H and O–H groups in total.